The van der Waals surface area contributed by atoms with Crippen LogP contribution in [-0.4, -0.2) is 25.0 Å². The van der Waals surface area contributed by atoms with Gasteiger partial charge in [-0.05, 0) is 36.4 Å². The van der Waals surface area contributed by atoms with Gasteiger partial charge in [-0.25, -0.2) is 0 Å². The second-order valence-corrected chi connectivity index (χ2v) is 4.62. The smallest absolute Gasteiger partial charge is 0.302 e. The Balaban J connectivity index is 2.10. The molecule has 0 fully saturated rings. The van der Waals surface area contributed by atoms with Gasteiger partial charge in [-0.15, -0.1) is 0 Å². The molecule has 0 aromatic heterocycles. The zero-order valence-electron chi connectivity index (χ0n) is 12.6. The number of benzene rings is 2. The monoisotopic (exact) mass is 310 g/mol. The zero-order valence-corrected chi connectivity index (χ0v) is 12.6. The van der Waals surface area contributed by atoms with Crippen molar-refractivity contribution >= 4 is 17.3 Å². The van der Waals surface area contributed by atoms with E-state index in [-0.39, 0.29) is 5.69 Å². The van der Waals surface area contributed by atoms with Crippen molar-refractivity contribution in [3.05, 3.63) is 64.2 Å². The number of nitro groups is 1. The Hall–Kier alpha value is -3.33. The predicted octanol–water partition coefficient (Wildman–Crippen LogP) is 2.62. The van der Waals surface area contributed by atoms with E-state index in [1.807, 2.05) is 0 Å². The van der Waals surface area contributed by atoms with E-state index in [1.54, 1.807) is 38.4 Å². The molecule has 0 heterocycles. The Morgan fingerprint density at radius 3 is 2.26 bits per heavy atom. The number of carbonyl (C=O) groups excluding carboxylic acids is 1. The van der Waals surface area contributed by atoms with Gasteiger partial charge in [0.15, 0.2) is 0 Å². The highest BCUT2D eigenvalue weighted by molar-refractivity contribution is 6.05. The highest BCUT2D eigenvalue weighted by Crippen LogP contribution is 2.18. The largest absolute Gasteiger partial charge is 0.497 e. The SMILES string of the molecule is COc1ccc(C#CC(=O)N(C)c2ccc([N+](=O)[O-])cc2)cc1. The second kappa shape index (κ2) is 7.09. The van der Waals surface area contributed by atoms with Crippen LogP contribution in [0.4, 0.5) is 11.4 Å². The molecule has 23 heavy (non-hydrogen) atoms. The van der Waals surface area contributed by atoms with Crippen LogP contribution in [-0.2, 0) is 4.79 Å². The lowest BCUT2D eigenvalue weighted by Gasteiger charge is -2.13. The first-order valence-corrected chi connectivity index (χ1v) is 6.69. The summed E-state index contributed by atoms with van der Waals surface area (Å²) in [5.74, 6) is 5.61. The van der Waals surface area contributed by atoms with Crippen molar-refractivity contribution in [1.29, 1.82) is 0 Å². The standard InChI is InChI=1S/C17H14N2O4/c1-18(14-6-8-15(9-7-14)19(21)22)17(20)12-5-13-3-10-16(23-2)11-4-13/h3-4,6-11H,1-2H3. The lowest BCUT2D eigenvalue weighted by Crippen LogP contribution is -2.24. The first kappa shape index (κ1) is 16.0. The molecule has 2 aromatic rings. The first-order valence-electron chi connectivity index (χ1n) is 6.69. The molecule has 6 heteroatoms. The molecule has 0 unspecified atom stereocenters. The number of non-ortho nitro benzene ring substituents is 1. The molecule has 0 bridgehead atoms. The number of carbonyl (C=O) groups is 1. The van der Waals surface area contributed by atoms with Gasteiger partial charge in [-0.2, -0.15) is 0 Å². The number of amides is 1. The van der Waals surface area contributed by atoms with Crippen LogP contribution in [0.15, 0.2) is 48.5 Å². The Labute approximate surface area is 133 Å². The van der Waals surface area contributed by atoms with Crippen molar-refractivity contribution in [2.45, 2.75) is 0 Å². The van der Waals surface area contributed by atoms with Crippen molar-refractivity contribution < 1.29 is 14.5 Å². The second-order valence-electron chi connectivity index (χ2n) is 4.62. The highest BCUT2D eigenvalue weighted by Gasteiger charge is 2.10. The van der Waals surface area contributed by atoms with E-state index < -0.39 is 10.8 Å². The van der Waals surface area contributed by atoms with Crippen LogP contribution in [0.2, 0.25) is 0 Å². The maximum absolute atomic E-state index is 12.1. The summed E-state index contributed by atoms with van der Waals surface area (Å²) in [6.45, 7) is 0. The van der Waals surface area contributed by atoms with Crippen molar-refractivity contribution in [2.75, 3.05) is 19.1 Å². The average molecular weight is 310 g/mol. The van der Waals surface area contributed by atoms with Crippen molar-refractivity contribution in [3.8, 4) is 17.6 Å². The lowest BCUT2D eigenvalue weighted by molar-refractivity contribution is -0.384. The molecule has 0 saturated carbocycles. The molecule has 6 nitrogen and oxygen atoms in total. The molecular weight excluding hydrogens is 296 g/mol. The number of methoxy groups -OCH3 is 1. The molecule has 2 aromatic carbocycles. The summed E-state index contributed by atoms with van der Waals surface area (Å²) >= 11 is 0. The van der Waals surface area contributed by atoms with Gasteiger partial charge in [0.2, 0.25) is 0 Å². The number of rotatable bonds is 3. The van der Waals surface area contributed by atoms with Crippen LogP contribution in [0, 0.1) is 22.0 Å². The Bertz CT molecular complexity index is 771. The van der Waals surface area contributed by atoms with E-state index in [2.05, 4.69) is 11.8 Å². The number of hydrogen-bond acceptors (Lipinski definition) is 4. The molecule has 0 saturated heterocycles. The molecule has 2 rings (SSSR count). The quantitative estimate of drug-likeness (QED) is 0.496. The molecule has 0 atom stereocenters. The molecule has 0 radical (unpaired) electrons. The summed E-state index contributed by atoms with van der Waals surface area (Å²) in [6.07, 6.45) is 0. The average Bonchev–Trinajstić information content (AvgIpc) is 2.59. The third-order valence-electron chi connectivity index (χ3n) is 3.16. The van der Waals surface area contributed by atoms with Crippen LogP contribution in [0.5, 0.6) is 5.75 Å². The summed E-state index contributed by atoms with van der Waals surface area (Å²) in [5, 5.41) is 10.6. The first-order chi connectivity index (χ1) is 11.0. The third-order valence-corrected chi connectivity index (χ3v) is 3.16. The number of anilines is 1. The number of nitro benzene ring substituents is 1. The molecule has 116 valence electrons. The van der Waals surface area contributed by atoms with E-state index in [1.165, 1.54) is 29.2 Å². The topological polar surface area (TPSA) is 72.7 Å². The number of ether oxygens (including phenoxy) is 1. The van der Waals surface area contributed by atoms with Crippen molar-refractivity contribution in [2.24, 2.45) is 0 Å². The Morgan fingerprint density at radius 2 is 1.74 bits per heavy atom. The summed E-state index contributed by atoms with van der Waals surface area (Å²) in [4.78, 5) is 23.5. The predicted molar refractivity (Wildman–Crippen MR) is 86.4 cm³/mol. The molecule has 0 aliphatic rings. The van der Waals surface area contributed by atoms with Gasteiger partial charge in [0, 0.05) is 36.4 Å². The molecule has 0 aliphatic heterocycles. The van der Waals surface area contributed by atoms with E-state index >= 15 is 0 Å². The van der Waals surface area contributed by atoms with Crippen molar-refractivity contribution in [1.82, 2.24) is 0 Å². The number of nitrogens with zero attached hydrogens (tertiary/aromatic N) is 2. The fourth-order valence-electron chi connectivity index (χ4n) is 1.80. The van der Waals surface area contributed by atoms with Gasteiger partial charge < -0.3 is 9.64 Å². The van der Waals surface area contributed by atoms with Crippen molar-refractivity contribution in [3.63, 3.8) is 0 Å². The maximum Gasteiger partial charge on any atom is 0.302 e. The highest BCUT2D eigenvalue weighted by atomic mass is 16.6. The molecule has 0 N–H and O–H groups in total. The van der Waals surface area contributed by atoms with Crippen LogP contribution < -0.4 is 9.64 Å². The van der Waals surface area contributed by atoms with Crippen LogP contribution in [0.3, 0.4) is 0 Å². The van der Waals surface area contributed by atoms with Crippen LogP contribution >= 0.6 is 0 Å². The summed E-state index contributed by atoms with van der Waals surface area (Å²) in [6, 6.07) is 12.7. The van der Waals surface area contributed by atoms with E-state index in [4.69, 9.17) is 4.74 Å². The van der Waals surface area contributed by atoms with Gasteiger partial charge in [0.1, 0.15) is 5.75 Å². The van der Waals surface area contributed by atoms with Gasteiger partial charge >= 0.3 is 5.91 Å². The minimum Gasteiger partial charge on any atom is -0.497 e. The maximum atomic E-state index is 12.1. The lowest BCUT2D eigenvalue weighted by atomic mass is 10.2. The molecule has 1 amide bonds. The Morgan fingerprint density at radius 1 is 1.13 bits per heavy atom. The van der Waals surface area contributed by atoms with Gasteiger partial charge in [0.25, 0.3) is 5.69 Å². The molecular formula is C17H14N2O4. The fraction of sp³-hybridized carbons (Fsp3) is 0.118. The van der Waals surface area contributed by atoms with E-state index in [0.717, 1.165) is 0 Å². The zero-order chi connectivity index (χ0) is 16.8. The van der Waals surface area contributed by atoms with Crippen LogP contribution in [0.25, 0.3) is 0 Å². The number of hydrogen-bond donors (Lipinski definition) is 0. The minimum atomic E-state index is -0.491. The third kappa shape index (κ3) is 4.08. The Kier molecular flexibility index (Phi) is 4.95. The summed E-state index contributed by atoms with van der Waals surface area (Å²) in [5.41, 5.74) is 1.19. The normalized spacial score (nSPS) is 9.48. The van der Waals surface area contributed by atoms with Gasteiger partial charge in [0.05, 0.1) is 12.0 Å². The molecule has 0 spiro atoms. The van der Waals surface area contributed by atoms with E-state index in [9.17, 15) is 14.9 Å². The summed E-state index contributed by atoms with van der Waals surface area (Å²) < 4.78 is 5.05. The van der Waals surface area contributed by atoms with Crippen LogP contribution in [0.1, 0.15) is 5.56 Å². The fourth-order valence-corrected chi connectivity index (χ4v) is 1.80. The van der Waals surface area contributed by atoms with E-state index in [0.29, 0.717) is 17.0 Å². The minimum absolute atomic E-state index is 0.0288. The summed E-state index contributed by atoms with van der Waals surface area (Å²) in [7, 11) is 3.13. The van der Waals surface area contributed by atoms with Gasteiger partial charge in [-0.3, -0.25) is 14.9 Å². The molecule has 0 aliphatic carbocycles. The van der Waals surface area contributed by atoms with Gasteiger partial charge in [-0.1, -0.05) is 5.92 Å².